The van der Waals surface area contributed by atoms with E-state index in [1.54, 1.807) is 26.0 Å². The maximum absolute atomic E-state index is 12.3. The van der Waals surface area contributed by atoms with Gasteiger partial charge >= 0.3 is 5.97 Å². The number of hydrogen-bond donors (Lipinski definition) is 1. The fourth-order valence-electron chi connectivity index (χ4n) is 1.54. The van der Waals surface area contributed by atoms with Crippen LogP contribution in [0.1, 0.15) is 54.9 Å². The molecule has 1 N–H and O–H groups in total. The topological polar surface area (TPSA) is 83.9 Å². The normalized spacial score (nSPS) is 12.9. The van der Waals surface area contributed by atoms with Crippen molar-refractivity contribution in [3.63, 3.8) is 0 Å². The van der Waals surface area contributed by atoms with Gasteiger partial charge in [0.1, 0.15) is 0 Å². The van der Waals surface area contributed by atoms with Crippen LogP contribution in [0.2, 0.25) is 0 Å². The van der Waals surface area contributed by atoms with E-state index < -0.39 is 23.9 Å². The highest BCUT2D eigenvalue weighted by atomic mass is 16.7. The Kier molecular flexibility index (Phi) is 14.2. The highest BCUT2D eigenvalue weighted by molar-refractivity contribution is 6.06. The molecule has 6 nitrogen and oxygen atoms in total. The number of carboxylic acid groups (broad SMARTS) is 1. The van der Waals surface area contributed by atoms with Gasteiger partial charge in [-0.1, -0.05) is 52.0 Å². The summed E-state index contributed by atoms with van der Waals surface area (Å²) in [6, 6.07) is 0. The number of rotatable bonds is 8. The van der Waals surface area contributed by atoms with Crippen LogP contribution < -0.4 is 0 Å². The number of hydroxylamine groups is 2. The van der Waals surface area contributed by atoms with Gasteiger partial charge < -0.3 is 5.11 Å². The van der Waals surface area contributed by atoms with Gasteiger partial charge in [0, 0.05) is 11.6 Å². The van der Waals surface area contributed by atoms with Gasteiger partial charge in [-0.05, 0) is 33.1 Å². The monoisotopic (exact) mass is 353 g/mol. The molecule has 25 heavy (non-hydrogen) atoms. The molecule has 2 amide bonds. The number of aliphatic carboxylic acids is 1. The van der Waals surface area contributed by atoms with Gasteiger partial charge in [0.05, 0.1) is 0 Å². The quantitative estimate of drug-likeness (QED) is 0.406. The number of carbonyl (C=O) groups is 3. The number of allylic oxidation sites excluding steroid dienone is 4. The van der Waals surface area contributed by atoms with Crippen molar-refractivity contribution in [2.24, 2.45) is 5.92 Å². The minimum atomic E-state index is -1.28. The summed E-state index contributed by atoms with van der Waals surface area (Å²) in [5, 5.41) is 9.74. The molecule has 1 atom stereocenters. The molecule has 0 aliphatic carbocycles. The number of hydrogen-bond acceptors (Lipinski definition) is 4. The zero-order valence-electron chi connectivity index (χ0n) is 16.3. The molecule has 0 aliphatic heterocycles. The molecule has 0 radical (unpaired) electrons. The molecular weight excluding hydrogens is 322 g/mol. The minimum Gasteiger partial charge on any atom is -0.479 e. The Bertz CT molecular complexity index is 518. The Morgan fingerprint density at radius 2 is 1.68 bits per heavy atom. The Hall–Kier alpha value is -2.21. The second-order valence-corrected chi connectivity index (χ2v) is 5.36. The largest absolute Gasteiger partial charge is 0.479 e. The van der Waals surface area contributed by atoms with Gasteiger partial charge in [-0.3, -0.25) is 9.59 Å². The molecule has 0 spiro atoms. The van der Waals surface area contributed by atoms with Crippen molar-refractivity contribution in [1.29, 1.82) is 0 Å². The molecule has 6 heteroatoms. The zero-order valence-corrected chi connectivity index (χ0v) is 16.3. The van der Waals surface area contributed by atoms with Crippen molar-refractivity contribution in [1.82, 2.24) is 5.06 Å². The van der Waals surface area contributed by atoms with Gasteiger partial charge in [-0.25, -0.2) is 9.63 Å². The lowest BCUT2D eigenvalue weighted by molar-refractivity contribution is -0.211. The van der Waals surface area contributed by atoms with Crippen LogP contribution in [0.3, 0.4) is 0 Å². The average molecular weight is 353 g/mol. The lowest BCUT2D eigenvalue weighted by Crippen LogP contribution is -2.42. The summed E-state index contributed by atoms with van der Waals surface area (Å²) < 4.78 is 0. The lowest BCUT2D eigenvalue weighted by Gasteiger charge is -2.24. The Balaban J connectivity index is 0. The number of nitrogens with zero attached hydrogens (tertiary/aromatic N) is 1. The fraction of sp³-hybridized carbons (Fsp3) is 0.526. The SMILES string of the molecule is C/C=C\C=C\C(=O)N(OC(CC(C)C)C(=O)O)C(=O)/C(C)=C/C.CC. The first-order valence-corrected chi connectivity index (χ1v) is 8.44. The first-order valence-electron chi connectivity index (χ1n) is 8.44. The van der Waals surface area contributed by atoms with Crippen molar-refractivity contribution in [2.75, 3.05) is 0 Å². The molecule has 0 fully saturated rings. The second-order valence-electron chi connectivity index (χ2n) is 5.36. The predicted octanol–water partition coefficient (Wildman–Crippen LogP) is 3.90. The predicted molar refractivity (Wildman–Crippen MR) is 98.5 cm³/mol. The van der Waals surface area contributed by atoms with E-state index in [4.69, 9.17) is 4.84 Å². The van der Waals surface area contributed by atoms with Gasteiger partial charge in [-0.2, -0.15) is 0 Å². The van der Waals surface area contributed by atoms with E-state index >= 15 is 0 Å². The minimum absolute atomic E-state index is 0.0320. The summed E-state index contributed by atoms with van der Waals surface area (Å²) in [6.45, 7) is 12.6. The molecule has 0 aliphatic rings. The molecule has 0 rings (SSSR count). The summed E-state index contributed by atoms with van der Waals surface area (Å²) in [5.41, 5.74) is 0.284. The summed E-state index contributed by atoms with van der Waals surface area (Å²) in [7, 11) is 0. The molecule has 1 unspecified atom stereocenters. The molecule has 0 aromatic carbocycles. The number of amides is 2. The average Bonchev–Trinajstić information content (AvgIpc) is 2.58. The lowest BCUT2D eigenvalue weighted by atomic mass is 10.1. The van der Waals surface area contributed by atoms with E-state index in [0.29, 0.717) is 5.06 Å². The fourth-order valence-corrected chi connectivity index (χ4v) is 1.54. The number of carbonyl (C=O) groups excluding carboxylic acids is 2. The standard InChI is InChI=1S/C17H25NO5.C2H6/c1-6-8-9-10-15(19)18(16(20)13(5)7-2)23-14(17(21)22)11-12(3)4;1-2/h6-10,12,14H,11H2,1-5H3,(H,21,22);1-2H3/b8-6-,10-9+,13-7+;. The van der Waals surface area contributed by atoms with E-state index in [-0.39, 0.29) is 17.9 Å². The summed E-state index contributed by atoms with van der Waals surface area (Å²) in [6.07, 6.45) is 6.37. The van der Waals surface area contributed by atoms with Crippen LogP contribution in [-0.2, 0) is 19.2 Å². The highest BCUT2D eigenvalue weighted by Gasteiger charge is 2.30. The van der Waals surface area contributed by atoms with Crippen LogP contribution in [0, 0.1) is 5.92 Å². The smallest absolute Gasteiger partial charge is 0.335 e. The van der Waals surface area contributed by atoms with E-state index in [2.05, 4.69) is 0 Å². The van der Waals surface area contributed by atoms with Gasteiger partial charge in [0.15, 0.2) is 6.10 Å². The van der Waals surface area contributed by atoms with Crippen molar-refractivity contribution in [3.8, 4) is 0 Å². The molecule has 142 valence electrons. The molecule has 0 saturated carbocycles. The molecule has 0 heterocycles. The third kappa shape index (κ3) is 10.3. The van der Waals surface area contributed by atoms with Crippen LogP contribution >= 0.6 is 0 Å². The number of imide groups is 1. The van der Waals surface area contributed by atoms with Crippen LogP contribution in [0.5, 0.6) is 0 Å². The van der Waals surface area contributed by atoms with Crippen LogP contribution in [0.4, 0.5) is 0 Å². The van der Waals surface area contributed by atoms with E-state index in [0.717, 1.165) is 6.08 Å². The molecule has 0 aromatic rings. The van der Waals surface area contributed by atoms with E-state index in [1.165, 1.54) is 19.1 Å². The maximum Gasteiger partial charge on any atom is 0.335 e. The van der Waals surface area contributed by atoms with Crippen molar-refractivity contribution in [2.45, 2.75) is 61.0 Å². The van der Waals surface area contributed by atoms with Crippen molar-refractivity contribution < 1.29 is 24.3 Å². The Labute approximate surface area is 150 Å². The first-order chi connectivity index (χ1) is 11.7. The Morgan fingerprint density at radius 1 is 1.12 bits per heavy atom. The molecule has 0 aromatic heterocycles. The van der Waals surface area contributed by atoms with Gasteiger partial charge in [-0.15, -0.1) is 5.06 Å². The van der Waals surface area contributed by atoms with Crippen molar-refractivity contribution >= 4 is 17.8 Å². The highest BCUT2D eigenvalue weighted by Crippen LogP contribution is 2.13. The molecular formula is C19H31NO5. The zero-order chi connectivity index (χ0) is 20.0. The van der Waals surface area contributed by atoms with E-state index in [9.17, 15) is 19.5 Å². The van der Waals surface area contributed by atoms with Crippen LogP contribution in [0.25, 0.3) is 0 Å². The summed E-state index contributed by atoms with van der Waals surface area (Å²) >= 11 is 0. The third-order valence-corrected chi connectivity index (χ3v) is 2.89. The second kappa shape index (κ2) is 14.2. The summed E-state index contributed by atoms with van der Waals surface area (Å²) in [4.78, 5) is 40.9. The molecule has 0 bridgehead atoms. The van der Waals surface area contributed by atoms with Crippen LogP contribution in [-0.4, -0.2) is 34.1 Å². The first kappa shape index (κ1) is 25.0. The Morgan fingerprint density at radius 3 is 2.08 bits per heavy atom. The van der Waals surface area contributed by atoms with Gasteiger partial charge in [0.2, 0.25) is 0 Å². The third-order valence-electron chi connectivity index (χ3n) is 2.89. The number of carboxylic acids is 1. The molecule has 0 saturated heterocycles. The maximum atomic E-state index is 12.3. The van der Waals surface area contributed by atoms with Crippen molar-refractivity contribution in [3.05, 3.63) is 36.0 Å². The van der Waals surface area contributed by atoms with Crippen LogP contribution in [0.15, 0.2) is 36.0 Å². The van der Waals surface area contributed by atoms with E-state index in [1.807, 2.05) is 27.7 Å². The summed E-state index contributed by atoms with van der Waals surface area (Å²) in [5.74, 6) is -2.61. The van der Waals surface area contributed by atoms with Gasteiger partial charge in [0.25, 0.3) is 11.8 Å².